The highest BCUT2D eigenvalue weighted by molar-refractivity contribution is 6.01. The zero-order valence-corrected chi connectivity index (χ0v) is 29.6. The van der Waals surface area contributed by atoms with Crippen molar-refractivity contribution in [2.24, 2.45) is 5.73 Å². The van der Waals surface area contributed by atoms with E-state index < -0.39 is 41.2 Å². The molecule has 6 N–H and O–H groups in total. The summed E-state index contributed by atoms with van der Waals surface area (Å²) in [5, 5.41) is 11.9. The van der Waals surface area contributed by atoms with Gasteiger partial charge in [0, 0.05) is 34.8 Å². The van der Waals surface area contributed by atoms with E-state index in [-0.39, 0.29) is 25.6 Å². The second-order valence-corrected chi connectivity index (χ2v) is 13.1. The van der Waals surface area contributed by atoms with Crippen molar-refractivity contribution < 1.29 is 33.1 Å². The quantitative estimate of drug-likeness (QED) is 0.0870. The van der Waals surface area contributed by atoms with E-state index >= 15 is 0 Å². The molecule has 1 aliphatic carbocycles. The van der Waals surface area contributed by atoms with Gasteiger partial charge in [-0.2, -0.15) is 0 Å². The van der Waals surface area contributed by atoms with Gasteiger partial charge in [-0.25, -0.2) is 14.4 Å². The summed E-state index contributed by atoms with van der Waals surface area (Å²) in [7, 11) is 0. The van der Waals surface area contributed by atoms with Crippen LogP contribution in [0.4, 0.5) is 21.0 Å². The molecular formula is C41H41N5O8. The Labute approximate surface area is 311 Å². The Kier molecular flexibility index (Phi) is 11.7. The van der Waals surface area contributed by atoms with Gasteiger partial charge in [0.15, 0.2) is 0 Å². The van der Waals surface area contributed by atoms with Gasteiger partial charge in [-0.15, -0.1) is 0 Å². The fourth-order valence-electron chi connectivity index (χ4n) is 6.23. The van der Waals surface area contributed by atoms with E-state index in [0.29, 0.717) is 41.9 Å². The molecule has 5 aromatic rings. The summed E-state index contributed by atoms with van der Waals surface area (Å²) in [6, 6.07) is 30.7. The Balaban J connectivity index is 1.05. The highest BCUT2D eigenvalue weighted by atomic mass is 16.6. The van der Waals surface area contributed by atoms with E-state index in [1.165, 1.54) is 6.07 Å². The molecule has 0 spiro atoms. The average Bonchev–Trinajstić information content (AvgIpc) is 3.90. The smallest absolute Gasteiger partial charge is 0.411 e. The molecule has 13 heteroatoms. The first-order chi connectivity index (χ1) is 26.1. The molecule has 6 rings (SSSR count). The SMILES string of the molecule is Cc1cc(=O)oc2cc(NC(=O)OCc3ccc(NC(=O)[C@H](CCCN)NC(=O)[C@@]4(NC(=O)OCc5ccccc5)CC4c4ccccc4)cc3)ccc12. The van der Waals surface area contributed by atoms with Crippen molar-refractivity contribution in [2.45, 2.75) is 56.9 Å². The zero-order chi connectivity index (χ0) is 38.1. The molecule has 1 saturated carbocycles. The molecule has 1 aromatic heterocycles. The molecule has 54 heavy (non-hydrogen) atoms. The van der Waals surface area contributed by atoms with Gasteiger partial charge in [0.25, 0.3) is 0 Å². The van der Waals surface area contributed by atoms with Crippen molar-refractivity contribution >= 4 is 46.3 Å². The van der Waals surface area contributed by atoms with Gasteiger partial charge in [0.2, 0.25) is 11.8 Å². The molecule has 3 atom stereocenters. The Morgan fingerprint density at radius 2 is 1.46 bits per heavy atom. The normalized spacial score (nSPS) is 16.4. The van der Waals surface area contributed by atoms with Crippen molar-refractivity contribution in [3.63, 3.8) is 0 Å². The summed E-state index contributed by atoms with van der Waals surface area (Å²) in [4.78, 5) is 64.7. The molecule has 1 aliphatic rings. The number of amides is 4. The minimum atomic E-state index is -1.31. The number of aryl methyl sites for hydroxylation is 1. The lowest BCUT2D eigenvalue weighted by molar-refractivity contribution is -0.128. The van der Waals surface area contributed by atoms with Crippen molar-refractivity contribution in [3.05, 3.63) is 142 Å². The predicted molar refractivity (Wildman–Crippen MR) is 203 cm³/mol. The van der Waals surface area contributed by atoms with Crippen LogP contribution in [-0.4, -0.2) is 42.1 Å². The Bertz CT molecular complexity index is 2180. The lowest BCUT2D eigenvalue weighted by atomic mass is 10.0. The van der Waals surface area contributed by atoms with Crippen LogP contribution in [0.1, 0.15) is 47.4 Å². The number of rotatable bonds is 14. The van der Waals surface area contributed by atoms with E-state index in [4.69, 9.17) is 19.6 Å². The third kappa shape index (κ3) is 9.30. The first-order valence-electron chi connectivity index (χ1n) is 17.6. The minimum absolute atomic E-state index is 0.0347. The number of anilines is 2. The Morgan fingerprint density at radius 3 is 2.17 bits per heavy atom. The maximum Gasteiger partial charge on any atom is 0.411 e. The molecular weight excluding hydrogens is 690 g/mol. The van der Waals surface area contributed by atoms with Gasteiger partial charge >= 0.3 is 17.8 Å². The van der Waals surface area contributed by atoms with Crippen molar-refractivity contribution in [1.29, 1.82) is 0 Å². The van der Waals surface area contributed by atoms with Gasteiger partial charge in [-0.05, 0) is 79.3 Å². The number of nitrogens with two attached hydrogens (primary N) is 1. The lowest BCUT2D eigenvalue weighted by Gasteiger charge is -2.24. The highest BCUT2D eigenvalue weighted by Crippen LogP contribution is 2.51. The van der Waals surface area contributed by atoms with Crippen LogP contribution in [0, 0.1) is 6.92 Å². The molecule has 278 valence electrons. The van der Waals surface area contributed by atoms with Crippen LogP contribution in [0.15, 0.2) is 118 Å². The number of carbonyl (C=O) groups excluding carboxylic acids is 4. The van der Waals surface area contributed by atoms with Crippen LogP contribution in [0.5, 0.6) is 0 Å². The summed E-state index contributed by atoms with van der Waals surface area (Å²) in [5.41, 5.74) is 8.28. The molecule has 4 aromatic carbocycles. The molecule has 1 fully saturated rings. The number of nitrogens with one attached hydrogen (secondary N) is 4. The summed E-state index contributed by atoms with van der Waals surface area (Å²) >= 11 is 0. The van der Waals surface area contributed by atoms with Gasteiger partial charge in [-0.1, -0.05) is 72.8 Å². The fourth-order valence-corrected chi connectivity index (χ4v) is 6.23. The standard InChI is InChI=1S/C41H41N5O8/c1-26-21-36(47)54-35-22-31(18-19-32(26)35)44-39(50)52-25-28-14-16-30(17-15-28)43-37(48)34(13-8-20-42)45-38(49)41(23-33(41)29-11-6-3-7-12-29)46-40(51)53-24-27-9-4-2-5-10-27/h2-7,9-12,14-19,21-22,33-34H,8,13,20,23-25,42H2,1H3,(H,43,48)(H,44,50)(H,45,49)(H,46,51)/t33?,34-,41+/m0/s1. The predicted octanol–water partition coefficient (Wildman–Crippen LogP) is 5.87. The third-order valence-electron chi connectivity index (χ3n) is 9.21. The second-order valence-electron chi connectivity index (χ2n) is 13.1. The monoisotopic (exact) mass is 731 g/mol. The number of hydrogen-bond acceptors (Lipinski definition) is 9. The highest BCUT2D eigenvalue weighted by Gasteiger charge is 2.62. The average molecular weight is 732 g/mol. The molecule has 0 radical (unpaired) electrons. The molecule has 0 bridgehead atoms. The van der Waals surface area contributed by atoms with Crippen LogP contribution in [0.2, 0.25) is 0 Å². The number of ether oxygens (including phenoxy) is 2. The van der Waals surface area contributed by atoms with Gasteiger partial charge < -0.3 is 35.6 Å². The molecule has 13 nitrogen and oxygen atoms in total. The molecule has 4 amide bonds. The lowest BCUT2D eigenvalue weighted by Crippen LogP contribution is -2.55. The minimum Gasteiger partial charge on any atom is -0.445 e. The summed E-state index contributed by atoms with van der Waals surface area (Å²) < 4.78 is 16.0. The topological polar surface area (TPSA) is 191 Å². The number of carbonyl (C=O) groups is 4. The summed E-state index contributed by atoms with van der Waals surface area (Å²) in [6.07, 6.45) is -0.387. The van der Waals surface area contributed by atoms with E-state index in [0.717, 1.165) is 22.1 Å². The van der Waals surface area contributed by atoms with Crippen molar-refractivity contribution in [2.75, 3.05) is 17.2 Å². The summed E-state index contributed by atoms with van der Waals surface area (Å²) in [6.45, 7) is 2.09. The van der Waals surface area contributed by atoms with Crippen LogP contribution < -0.4 is 32.6 Å². The Morgan fingerprint density at radius 1 is 0.815 bits per heavy atom. The van der Waals surface area contributed by atoms with Crippen LogP contribution in [-0.2, 0) is 32.3 Å². The first-order valence-corrected chi connectivity index (χ1v) is 17.6. The van der Waals surface area contributed by atoms with Crippen LogP contribution in [0.25, 0.3) is 11.0 Å². The number of fused-ring (bicyclic) bond motifs is 1. The van der Waals surface area contributed by atoms with Gasteiger partial charge in [0.1, 0.15) is 30.4 Å². The zero-order valence-electron chi connectivity index (χ0n) is 29.6. The molecule has 1 heterocycles. The molecule has 0 aliphatic heterocycles. The summed E-state index contributed by atoms with van der Waals surface area (Å²) in [5.74, 6) is -1.28. The van der Waals surface area contributed by atoms with E-state index in [1.54, 1.807) is 49.4 Å². The maximum atomic E-state index is 14.0. The number of benzene rings is 4. The largest absolute Gasteiger partial charge is 0.445 e. The van der Waals surface area contributed by atoms with E-state index in [9.17, 15) is 24.0 Å². The second kappa shape index (κ2) is 16.9. The number of hydrogen-bond donors (Lipinski definition) is 5. The third-order valence-corrected chi connectivity index (χ3v) is 9.21. The molecule has 0 saturated heterocycles. The van der Waals surface area contributed by atoms with Crippen molar-refractivity contribution in [3.8, 4) is 0 Å². The van der Waals surface area contributed by atoms with Crippen LogP contribution in [0.3, 0.4) is 0 Å². The van der Waals surface area contributed by atoms with Gasteiger partial charge in [-0.3, -0.25) is 14.9 Å². The maximum absolute atomic E-state index is 14.0. The molecule has 1 unspecified atom stereocenters. The fraction of sp³-hybridized carbons (Fsp3) is 0.244. The Hall–Kier alpha value is -6.47. The van der Waals surface area contributed by atoms with Crippen LogP contribution >= 0.6 is 0 Å². The first kappa shape index (κ1) is 37.3. The van der Waals surface area contributed by atoms with E-state index in [1.807, 2.05) is 60.7 Å². The van der Waals surface area contributed by atoms with Gasteiger partial charge in [0.05, 0.1) is 0 Å². The van der Waals surface area contributed by atoms with E-state index in [2.05, 4.69) is 21.3 Å². The number of alkyl carbamates (subject to hydrolysis) is 1. The van der Waals surface area contributed by atoms with Crippen molar-refractivity contribution in [1.82, 2.24) is 10.6 Å².